The first kappa shape index (κ1) is 20.5. The minimum atomic E-state index is -0.321. The second-order valence-corrected chi connectivity index (χ2v) is 8.72. The second kappa shape index (κ2) is 8.64. The van der Waals surface area contributed by atoms with E-state index in [0.717, 1.165) is 31.5 Å². The number of nitrogens with two attached hydrogens (primary N) is 1. The summed E-state index contributed by atoms with van der Waals surface area (Å²) >= 11 is 1.59. The van der Waals surface area contributed by atoms with Crippen LogP contribution >= 0.6 is 11.3 Å². The maximum atomic E-state index is 13.3. The third kappa shape index (κ3) is 3.94. The van der Waals surface area contributed by atoms with E-state index in [2.05, 4.69) is 10.2 Å². The molecule has 0 radical (unpaired) electrons. The van der Waals surface area contributed by atoms with Crippen LogP contribution in [0.15, 0.2) is 53.2 Å². The lowest BCUT2D eigenvalue weighted by molar-refractivity contribution is -0.121. The Hall–Kier alpha value is -3.36. The van der Waals surface area contributed by atoms with Crippen LogP contribution in [0.25, 0.3) is 0 Å². The maximum Gasteiger partial charge on any atom is 0.246 e. The summed E-state index contributed by atoms with van der Waals surface area (Å²) in [6, 6.07) is 12.3. The summed E-state index contributed by atoms with van der Waals surface area (Å²) in [7, 11) is 0. The molecule has 8 heteroatoms. The molecule has 2 aliphatic heterocycles. The third-order valence-corrected chi connectivity index (χ3v) is 6.57. The zero-order valence-corrected chi connectivity index (χ0v) is 18.3. The lowest BCUT2D eigenvalue weighted by atomic mass is 9.99. The van der Waals surface area contributed by atoms with Crippen molar-refractivity contribution in [2.45, 2.75) is 18.9 Å². The number of anilines is 2. The van der Waals surface area contributed by atoms with E-state index < -0.39 is 0 Å². The number of thiophene rings is 1. The molecule has 5 rings (SSSR count). The molecule has 1 saturated heterocycles. The highest BCUT2D eigenvalue weighted by atomic mass is 32.1. The Morgan fingerprint density at radius 2 is 1.94 bits per heavy atom. The number of benzene rings is 2. The van der Waals surface area contributed by atoms with Gasteiger partial charge in [0, 0.05) is 25.4 Å². The van der Waals surface area contributed by atoms with Gasteiger partial charge < -0.3 is 20.5 Å². The van der Waals surface area contributed by atoms with Gasteiger partial charge in [0.15, 0.2) is 11.5 Å². The number of nitrogens with one attached hydrogen (secondary N) is 2. The topological polar surface area (TPSA) is 101 Å². The number of likely N-dealkylation sites (tertiary alicyclic amines) is 1. The normalized spacial score (nSPS) is 16.1. The van der Waals surface area contributed by atoms with Crippen molar-refractivity contribution in [3.05, 3.63) is 69.9 Å². The SMILES string of the molecule is N=C(c1ccc2c(c1)OCO2)c1cc(NC(=O)C(c2ccsc2)N2CCCC2)ccc1N.[HH].[HH]. The summed E-state index contributed by atoms with van der Waals surface area (Å²) in [5.74, 6) is 1.20. The molecule has 2 aliphatic rings. The van der Waals surface area contributed by atoms with Crippen molar-refractivity contribution in [2.24, 2.45) is 0 Å². The van der Waals surface area contributed by atoms with Crippen molar-refractivity contribution < 1.29 is 17.1 Å². The summed E-state index contributed by atoms with van der Waals surface area (Å²) in [4.78, 5) is 15.5. The van der Waals surface area contributed by atoms with Gasteiger partial charge in [-0.25, -0.2) is 0 Å². The summed E-state index contributed by atoms with van der Waals surface area (Å²) in [5.41, 5.74) is 9.76. The Bertz CT molecular complexity index is 1170. The lowest BCUT2D eigenvalue weighted by Crippen LogP contribution is -2.35. The van der Waals surface area contributed by atoms with Crippen molar-refractivity contribution >= 4 is 34.3 Å². The number of fused-ring (bicyclic) bond motifs is 1. The fourth-order valence-corrected chi connectivity index (χ4v) is 4.91. The molecular weight excluding hydrogens is 424 g/mol. The van der Waals surface area contributed by atoms with E-state index >= 15 is 0 Å². The average Bonchev–Trinajstić information content (AvgIpc) is 3.57. The van der Waals surface area contributed by atoms with Crippen molar-refractivity contribution in [3.63, 3.8) is 0 Å². The van der Waals surface area contributed by atoms with Crippen molar-refractivity contribution in [1.82, 2.24) is 4.90 Å². The van der Waals surface area contributed by atoms with Gasteiger partial charge in [0.2, 0.25) is 12.7 Å². The van der Waals surface area contributed by atoms with E-state index in [1.165, 1.54) is 0 Å². The quantitative estimate of drug-likeness (QED) is 0.370. The average molecular weight is 453 g/mol. The zero-order chi connectivity index (χ0) is 22.1. The van der Waals surface area contributed by atoms with Gasteiger partial charge in [-0.2, -0.15) is 11.3 Å². The molecule has 7 nitrogen and oxygen atoms in total. The fourth-order valence-electron chi connectivity index (χ4n) is 4.23. The van der Waals surface area contributed by atoms with Crippen LogP contribution < -0.4 is 20.5 Å². The van der Waals surface area contributed by atoms with Crippen LogP contribution in [0.3, 0.4) is 0 Å². The predicted octanol–water partition coefficient (Wildman–Crippen LogP) is 4.74. The molecule has 0 bridgehead atoms. The molecule has 0 saturated carbocycles. The number of carbonyl (C=O) groups is 1. The number of carbonyl (C=O) groups excluding carboxylic acids is 1. The number of ether oxygens (including phenoxy) is 2. The molecule has 1 amide bonds. The molecule has 168 valence electrons. The van der Waals surface area contributed by atoms with E-state index in [4.69, 9.17) is 20.6 Å². The van der Waals surface area contributed by atoms with Crippen LogP contribution in [-0.2, 0) is 4.79 Å². The number of hydrogen-bond donors (Lipinski definition) is 3. The van der Waals surface area contributed by atoms with Crippen LogP contribution in [0.5, 0.6) is 11.5 Å². The molecule has 1 aromatic heterocycles. The standard InChI is InChI=1S/C24H24N4O3S.2H2/c25-19-5-4-17(12-18(19)22(26)15-3-6-20-21(11-15)31-14-30-20)27-24(29)23(16-7-10-32-13-16)28-8-1-2-9-28;;/h3-7,10-13,23,26H,1-2,8-9,14,25H2,(H,27,29);2*1H. The molecular formula is C24H28N4O3S. The van der Waals surface area contributed by atoms with Gasteiger partial charge >= 0.3 is 0 Å². The van der Waals surface area contributed by atoms with E-state index in [1.807, 2.05) is 16.8 Å². The van der Waals surface area contributed by atoms with Crippen LogP contribution in [0.4, 0.5) is 11.4 Å². The number of hydrogen-bond acceptors (Lipinski definition) is 7. The molecule has 1 atom stereocenters. The first-order chi connectivity index (χ1) is 15.6. The molecule has 1 unspecified atom stereocenters. The fraction of sp³-hybridized carbons (Fsp3) is 0.250. The first-order valence-electron chi connectivity index (χ1n) is 10.6. The molecule has 32 heavy (non-hydrogen) atoms. The van der Waals surface area contributed by atoms with Crippen molar-refractivity contribution in [1.29, 1.82) is 5.41 Å². The number of rotatable bonds is 6. The summed E-state index contributed by atoms with van der Waals surface area (Å²) in [6.07, 6.45) is 2.21. The Morgan fingerprint density at radius 3 is 2.72 bits per heavy atom. The van der Waals surface area contributed by atoms with Gasteiger partial charge in [0.1, 0.15) is 6.04 Å². The van der Waals surface area contributed by atoms with Gasteiger partial charge in [-0.3, -0.25) is 15.1 Å². The van der Waals surface area contributed by atoms with Crippen LogP contribution in [0.2, 0.25) is 0 Å². The van der Waals surface area contributed by atoms with Crippen molar-refractivity contribution in [2.75, 3.05) is 30.9 Å². The Morgan fingerprint density at radius 1 is 1.12 bits per heavy atom. The Kier molecular flexibility index (Phi) is 5.55. The summed E-state index contributed by atoms with van der Waals surface area (Å²) in [6.45, 7) is 2.00. The predicted molar refractivity (Wildman–Crippen MR) is 130 cm³/mol. The molecule has 0 spiro atoms. The first-order valence-corrected chi connectivity index (χ1v) is 11.5. The molecule has 4 N–H and O–H groups in total. The van der Waals surface area contributed by atoms with E-state index in [-0.39, 0.29) is 27.3 Å². The monoisotopic (exact) mass is 452 g/mol. The maximum absolute atomic E-state index is 13.3. The number of nitrogens with zero attached hydrogens (tertiary/aromatic N) is 1. The van der Waals surface area contributed by atoms with Gasteiger partial charge in [-0.1, -0.05) is 0 Å². The van der Waals surface area contributed by atoms with E-state index in [9.17, 15) is 4.79 Å². The smallest absolute Gasteiger partial charge is 0.246 e. The number of nitrogen functional groups attached to an aromatic ring is 1. The zero-order valence-electron chi connectivity index (χ0n) is 17.5. The largest absolute Gasteiger partial charge is 0.454 e. The number of amides is 1. The molecule has 3 heterocycles. The van der Waals surface area contributed by atoms with Gasteiger partial charge in [0.25, 0.3) is 0 Å². The Balaban J connectivity index is 0.00000162. The van der Waals surface area contributed by atoms with E-state index in [0.29, 0.717) is 34.0 Å². The van der Waals surface area contributed by atoms with E-state index in [1.54, 1.807) is 47.7 Å². The van der Waals surface area contributed by atoms with Crippen molar-refractivity contribution in [3.8, 4) is 11.5 Å². The molecule has 0 aliphatic carbocycles. The third-order valence-electron chi connectivity index (χ3n) is 5.86. The van der Waals surface area contributed by atoms with Crippen LogP contribution in [-0.4, -0.2) is 36.4 Å². The Labute approximate surface area is 193 Å². The highest BCUT2D eigenvalue weighted by Gasteiger charge is 2.30. The van der Waals surface area contributed by atoms with Gasteiger partial charge in [0.05, 0.1) is 5.71 Å². The van der Waals surface area contributed by atoms with Crippen LogP contribution in [0, 0.1) is 5.41 Å². The highest BCUT2D eigenvalue weighted by molar-refractivity contribution is 7.08. The molecule has 2 aromatic carbocycles. The minimum absolute atomic E-state index is 0. The van der Waals surface area contributed by atoms with Gasteiger partial charge in [-0.15, -0.1) is 0 Å². The molecule has 3 aromatic rings. The lowest BCUT2D eigenvalue weighted by Gasteiger charge is -2.26. The van der Waals surface area contributed by atoms with Gasteiger partial charge in [-0.05, 0) is 84.7 Å². The summed E-state index contributed by atoms with van der Waals surface area (Å²) in [5, 5.41) is 15.8. The summed E-state index contributed by atoms with van der Waals surface area (Å²) < 4.78 is 10.8. The highest BCUT2D eigenvalue weighted by Crippen LogP contribution is 2.34. The second-order valence-electron chi connectivity index (χ2n) is 7.94. The molecule has 1 fully saturated rings. The minimum Gasteiger partial charge on any atom is -0.454 e. The van der Waals surface area contributed by atoms with Crippen LogP contribution in [0.1, 0.15) is 38.4 Å².